The van der Waals surface area contributed by atoms with Gasteiger partial charge in [-0.1, -0.05) is 0 Å². The molecule has 0 radical (unpaired) electrons. The Morgan fingerprint density at radius 1 is 1.45 bits per heavy atom. The molecule has 1 N–H and O–H groups in total. The van der Waals surface area contributed by atoms with Crippen LogP contribution in [0.25, 0.3) is 0 Å². The Labute approximate surface area is 175 Å². The SMILES string of the molecule is CN(CCC(=O)Nc1sc2c(c1C#N)CCC2)CC1CCCN1c1cccnn1. The van der Waals surface area contributed by atoms with Crippen LogP contribution < -0.4 is 10.2 Å². The highest BCUT2D eigenvalue weighted by molar-refractivity contribution is 7.16. The zero-order valence-electron chi connectivity index (χ0n) is 16.7. The second-order valence-electron chi connectivity index (χ2n) is 7.80. The van der Waals surface area contributed by atoms with E-state index in [4.69, 9.17) is 0 Å². The van der Waals surface area contributed by atoms with Crippen molar-refractivity contribution in [2.24, 2.45) is 0 Å². The molecule has 0 saturated carbocycles. The third-order valence-electron chi connectivity index (χ3n) is 5.76. The lowest BCUT2D eigenvalue weighted by Crippen LogP contribution is -2.40. The number of rotatable bonds is 7. The van der Waals surface area contributed by atoms with Crippen LogP contribution in [-0.4, -0.2) is 53.7 Å². The van der Waals surface area contributed by atoms with Gasteiger partial charge in [-0.05, 0) is 56.8 Å². The van der Waals surface area contributed by atoms with Crippen molar-refractivity contribution in [2.75, 3.05) is 36.9 Å². The summed E-state index contributed by atoms with van der Waals surface area (Å²) in [5.41, 5.74) is 1.82. The summed E-state index contributed by atoms with van der Waals surface area (Å²) in [6, 6.07) is 6.60. The number of nitrogens with zero attached hydrogens (tertiary/aromatic N) is 5. The van der Waals surface area contributed by atoms with Gasteiger partial charge in [0, 0.05) is 43.2 Å². The Bertz CT molecular complexity index is 906. The van der Waals surface area contributed by atoms with Gasteiger partial charge in [-0.3, -0.25) is 4.79 Å². The van der Waals surface area contributed by atoms with Gasteiger partial charge >= 0.3 is 0 Å². The summed E-state index contributed by atoms with van der Waals surface area (Å²) in [4.78, 5) is 18.3. The maximum atomic E-state index is 12.5. The van der Waals surface area contributed by atoms with E-state index in [0.717, 1.165) is 61.6 Å². The number of aromatic nitrogens is 2. The minimum atomic E-state index is -0.0227. The Morgan fingerprint density at radius 3 is 3.14 bits per heavy atom. The van der Waals surface area contributed by atoms with Crippen molar-refractivity contribution in [1.82, 2.24) is 15.1 Å². The molecule has 8 heteroatoms. The number of hydrogen-bond donors (Lipinski definition) is 1. The third-order valence-corrected chi connectivity index (χ3v) is 6.97. The molecule has 3 heterocycles. The molecule has 1 unspecified atom stereocenters. The second kappa shape index (κ2) is 8.89. The van der Waals surface area contributed by atoms with E-state index in [2.05, 4.69) is 38.4 Å². The zero-order valence-corrected chi connectivity index (χ0v) is 17.5. The molecule has 1 amide bonds. The molecule has 7 nitrogen and oxygen atoms in total. The number of thiophene rings is 1. The highest BCUT2D eigenvalue weighted by Crippen LogP contribution is 2.38. The molecule has 1 saturated heterocycles. The van der Waals surface area contributed by atoms with Gasteiger partial charge in [0.25, 0.3) is 0 Å². The van der Waals surface area contributed by atoms with E-state index in [1.165, 1.54) is 4.88 Å². The average molecular weight is 411 g/mol. The highest BCUT2D eigenvalue weighted by atomic mass is 32.1. The van der Waals surface area contributed by atoms with Crippen LogP contribution in [0.5, 0.6) is 0 Å². The Kier molecular flexibility index (Phi) is 6.07. The third kappa shape index (κ3) is 4.41. The van der Waals surface area contributed by atoms with Gasteiger partial charge in [0.05, 0.1) is 5.56 Å². The first kappa shape index (κ1) is 19.8. The fraction of sp³-hybridized carbons (Fsp3) is 0.524. The quantitative estimate of drug-likeness (QED) is 0.755. The van der Waals surface area contributed by atoms with E-state index in [1.807, 2.05) is 12.1 Å². The predicted octanol–water partition coefficient (Wildman–Crippen LogP) is 2.83. The van der Waals surface area contributed by atoms with Crippen molar-refractivity contribution in [1.29, 1.82) is 5.26 Å². The molecular weight excluding hydrogens is 384 g/mol. The van der Waals surface area contributed by atoms with E-state index in [0.29, 0.717) is 24.6 Å². The first-order valence-corrected chi connectivity index (χ1v) is 11.0. The van der Waals surface area contributed by atoms with Crippen molar-refractivity contribution in [2.45, 2.75) is 44.6 Å². The summed E-state index contributed by atoms with van der Waals surface area (Å²) < 4.78 is 0. The molecule has 29 heavy (non-hydrogen) atoms. The Hall–Kier alpha value is -2.50. The predicted molar refractivity (Wildman–Crippen MR) is 114 cm³/mol. The molecule has 0 spiro atoms. The first-order chi connectivity index (χ1) is 14.2. The average Bonchev–Trinajstić information content (AvgIpc) is 3.43. The van der Waals surface area contributed by atoms with Gasteiger partial charge in [-0.15, -0.1) is 16.4 Å². The largest absolute Gasteiger partial charge is 0.351 e. The van der Waals surface area contributed by atoms with Gasteiger partial charge in [-0.25, -0.2) is 0 Å². The van der Waals surface area contributed by atoms with E-state index in [1.54, 1.807) is 17.5 Å². The number of nitriles is 1. The number of carbonyl (C=O) groups is 1. The number of aryl methyl sites for hydroxylation is 1. The van der Waals surface area contributed by atoms with Crippen LogP contribution in [0, 0.1) is 11.3 Å². The molecule has 4 rings (SSSR count). The topological polar surface area (TPSA) is 85.2 Å². The number of fused-ring (bicyclic) bond motifs is 1. The fourth-order valence-electron chi connectivity index (χ4n) is 4.32. The smallest absolute Gasteiger partial charge is 0.226 e. The van der Waals surface area contributed by atoms with Crippen LogP contribution in [-0.2, 0) is 17.6 Å². The van der Waals surface area contributed by atoms with Gasteiger partial charge in [0.2, 0.25) is 5.91 Å². The van der Waals surface area contributed by atoms with Crippen LogP contribution >= 0.6 is 11.3 Å². The first-order valence-electron chi connectivity index (χ1n) is 10.2. The normalized spacial score (nSPS) is 18.1. The Morgan fingerprint density at radius 2 is 2.34 bits per heavy atom. The standard InChI is InChI=1S/C21H26N6OS/c1-26(14-15-5-4-11-27(15)19-8-3-10-23-25-19)12-9-20(28)24-21-17(13-22)16-6-2-7-18(16)29-21/h3,8,10,15H,2,4-7,9,11-12,14H2,1H3,(H,24,28). The highest BCUT2D eigenvalue weighted by Gasteiger charge is 2.27. The molecule has 1 aliphatic carbocycles. The minimum absolute atomic E-state index is 0.0227. The van der Waals surface area contributed by atoms with Crippen LogP contribution in [0.4, 0.5) is 10.8 Å². The molecule has 2 aromatic rings. The lowest BCUT2D eigenvalue weighted by Gasteiger charge is -2.29. The fourth-order valence-corrected chi connectivity index (χ4v) is 5.57. The number of likely N-dealkylation sites (N-methyl/N-ethyl adjacent to an activating group) is 1. The van der Waals surface area contributed by atoms with Crippen LogP contribution in [0.15, 0.2) is 18.3 Å². The van der Waals surface area contributed by atoms with Crippen molar-refractivity contribution in [3.63, 3.8) is 0 Å². The monoisotopic (exact) mass is 410 g/mol. The molecule has 1 atom stereocenters. The van der Waals surface area contributed by atoms with E-state index >= 15 is 0 Å². The molecule has 0 aromatic carbocycles. The molecular formula is C21H26N6OS. The van der Waals surface area contributed by atoms with Gasteiger partial charge < -0.3 is 15.1 Å². The van der Waals surface area contributed by atoms with Crippen molar-refractivity contribution in [3.8, 4) is 6.07 Å². The molecule has 152 valence electrons. The zero-order chi connectivity index (χ0) is 20.2. The van der Waals surface area contributed by atoms with Gasteiger partial charge in [-0.2, -0.15) is 10.4 Å². The molecule has 1 aliphatic heterocycles. The summed E-state index contributed by atoms with van der Waals surface area (Å²) in [6.07, 6.45) is 7.48. The van der Waals surface area contributed by atoms with Crippen molar-refractivity contribution in [3.05, 3.63) is 34.3 Å². The summed E-state index contributed by atoms with van der Waals surface area (Å²) in [7, 11) is 2.06. The van der Waals surface area contributed by atoms with Crippen molar-refractivity contribution < 1.29 is 4.79 Å². The number of anilines is 2. The molecule has 0 bridgehead atoms. The van der Waals surface area contributed by atoms with Crippen molar-refractivity contribution >= 4 is 28.1 Å². The molecule has 2 aliphatic rings. The summed E-state index contributed by atoms with van der Waals surface area (Å²) >= 11 is 1.57. The lowest BCUT2D eigenvalue weighted by molar-refractivity contribution is -0.116. The molecule has 1 fully saturated rings. The van der Waals surface area contributed by atoms with Crippen LogP contribution in [0.1, 0.15) is 41.7 Å². The lowest BCUT2D eigenvalue weighted by atomic mass is 10.1. The summed E-state index contributed by atoms with van der Waals surface area (Å²) in [5.74, 6) is 0.904. The number of nitrogens with one attached hydrogen (secondary N) is 1. The number of amides is 1. The summed E-state index contributed by atoms with van der Waals surface area (Å²) in [5, 5.41) is 21.4. The maximum Gasteiger partial charge on any atom is 0.226 e. The Balaban J connectivity index is 1.28. The minimum Gasteiger partial charge on any atom is -0.351 e. The van der Waals surface area contributed by atoms with E-state index < -0.39 is 0 Å². The van der Waals surface area contributed by atoms with Crippen LogP contribution in [0.3, 0.4) is 0 Å². The van der Waals surface area contributed by atoms with Gasteiger partial charge in [0.1, 0.15) is 11.1 Å². The van der Waals surface area contributed by atoms with E-state index in [9.17, 15) is 10.1 Å². The number of carbonyl (C=O) groups excluding carboxylic acids is 1. The summed E-state index contributed by atoms with van der Waals surface area (Å²) in [6.45, 7) is 2.57. The van der Waals surface area contributed by atoms with E-state index in [-0.39, 0.29) is 5.91 Å². The van der Waals surface area contributed by atoms with Gasteiger partial charge in [0.15, 0.2) is 5.82 Å². The maximum absolute atomic E-state index is 12.5. The molecule has 2 aromatic heterocycles. The van der Waals surface area contributed by atoms with Crippen LogP contribution in [0.2, 0.25) is 0 Å². The number of hydrogen-bond acceptors (Lipinski definition) is 7. The second-order valence-corrected chi connectivity index (χ2v) is 8.91.